The van der Waals surface area contributed by atoms with E-state index in [1.54, 1.807) is 22.8 Å². The zero-order chi connectivity index (χ0) is 18.4. The molecule has 0 bridgehead atoms. The highest BCUT2D eigenvalue weighted by Crippen LogP contribution is 2.17. The molecule has 0 aliphatic rings. The Labute approximate surface area is 161 Å². The maximum Gasteiger partial charge on any atom is 0.230 e. The van der Waals surface area contributed by atoms with Crippen LogP contribution in [0.25, 0.3) is 5.69 Å². The summed E-state index contributed by atoms with van der Waals surface area (Å²) in [4.78, 5) is 16.1. The van der Waals surface area contributed by atoms with E-state index >= 15 is 0 Å². The van der Waals surface area contributed by atoms with Crippen LogP contribution in [0.15, 0.2) is 61.2 Å². The molecule has 0 spiro atoms. The normalized spacial score (nSPS) is 11.9. The molecule has 0 saturated heterocycles. The van der Waals surface area contributed by atoms with Gasteiger partial charge < -0.3 is 5.32 Å². The Morgan fingerprint density at radius 1 is 1.19 bits per heavy atom. The van der Waals surface area contributed by atoms with E-state index in [1.165, 1.54) is 6.33 Å². The third kappa shape index (κ3) is 5.09. The van der Waals surface area contributed by atoms with Crippen LogP contribution < -0.4 is 5.32 Å². The lowest BCUT2D eigenvalue weighted by Crippen LogP contribution is -2.28. The number of benzene rings is 2. The van der Waals surface area contributed by atoms with Crippen LogP contribution in [-0.4, -0.2) is 26.4 Å². The fraction of sp³-hybridized carbons (Fsp3) is 0.211. The highest BCUT2D eigenvalue weighted by molar-refractivity contribution is 7.99. The van der Waals surface area contributed by atoms with Crippen LogP contribution in [-0.2, 0) is 10.5 Å². The second-order valence-corrected chi connectivity index (χ2v) is 7.26. The lowest BCUT2D eigenvalue weighted by Gasteiger charge is -2.15. The zero-order valence-electron chi connectivity index (χ0n) is 14.3. The second kappa shape index (κ2) is 8.87. The van der Waals surface area contributed by atoms with Crippen LogP contribution in [0.2, 0.25) is 5.02 Å². The van der Waals surface area contributed by atoms with Crippen molar-refractivity contribution in [3.8, 4) is 5.69 Å². The fourth-order valence-electron chi connectivity index (χ4n) is 2.47. The van der Waals surface area contributed by atoms with E-state index in [-0.39, 0.29) is 11.9 Å². The fourth-order valence-corrected chi connectivity index (χ4v) is 3.39. The summed E-state index contributed by atoms with van der Waals surface area (Å²) in [7, 11) is 0. The van der Waals surface area contributed by atoms with Gasteiger partial charge in [0.2, 0.25) is 5.91 Å². The van der Waals surface area contributed by atoms with Crippen molar-refractivity contribution in [2.45, 2.75) is 18.7 Å². The van der Waals surface area contributed by atoms with Gasteiger partial charge in [-0.05, 0) is 42.3 Å². The molecule has 0 radical (unpaired) electrons. The average molecular weight is 387 g/mol. The first-order valence-electron chi connectivity index (χ1n) is 8.18. The Bertz CT molecular complexity index is 835. The van der Waals surface area contributed by atoms with Crippen molar-refractivity contribution in [2.75, 3.05) is 5.75 Å². The van der Waals surface area contributed by atoms with Gasteiger partial charge in [-0.3, -0.25) is 4.79 Å². The molecule has 7 heteroatoms. The predicted octanol–water partition coefficient (Wildman–Crippen LogP) is 4.03. The summed E-state index contributed by atoms with van der Waals surface area (Å²) < 4.78 is 1.69. The quantitative estimate of drug-likeness (QED) is 0.666. The number of carbonyl (C=O) groups excluding carboxylic acids is 1. The van der Waals surface area contributed by atoms with Gasteiger partial charge in [0.15, 0.2) is 0 Å². The highest BCUT2D eigenvalue weighted by Gasteiger charge is 2.10. The maximum absolute atomic E-state index is 12.1. The number of aromatic nitrogens is 3. The van der Waals surface area contributed by atoms with E-state index in [1.807, 2.05) is 55.5 Å². The van der Waals surface area contributed by atoms with E-state index in [9.17, 15) is 4.79 Å². The van der Waals surface area contributed by atoms with E-state index in [2.05, 4.69) is 15.4 Å². The number of halogens is 1. The van der Waals surface area contributed by atoms with Gasteiger partial charge >= 0.3 is 0 Å². The lowest BCUT2D eigenvalue weighted by atomic mass is 10.1. The predicted molar refractivity (Wildman–Crippen MR) is 106 cm³/mol. The number of hydrogen-bond donors (Lipinski definition) is 1. The third-order valence-electron chi connectivity index (χ3n) is 3.87. The van der Waals surface area contributed by atoms with Crippen molar-refractivity contribution in [2.24, 2.45) is 0 Å². The lowest BCUT2D eigenvalue weighted by molar-refractivity contribution is -0.119. The molecule has 2 aromatic carbocycles. The van der Waals surface area contributed by atoms with E-state index in [4.69, 9.17) is 11.6 Å². The van der Waals surface area contributed by atoms with Crippen molar-refractivity contribution in [3.63, 3.8) is 0 Å². The Balaban J connectivity index is 1.47. The first kappa shape index (κ1) is 18.5. The molecule has 26 heavy (non-hydrogen) atoms. The Morgan fingerprint density at radius 3 is 2.58 bits per heavy atom. The van der Waals surface area contributed by atoms with Gasteiger partial charge in [0, 0.05) is 10.8 Å². The number of thioether (sulfide) groups is 1. The molecule has 134 valence electrons. The molecule has 1 N–H and O–H groups in total. The largest absolute Gasteiger partial charge is 0.349 e. The Morgan fingerprint density at radius 2 is 1.92 bits per heavy atom. The van der Waals surface area contributed by atoms with E-state index in [0.29, 0.717) is 5.75 Å². The van der Waals surface area contributed by atoms with Gasteiger partial charge in [0.25, 0.3) is 0 Å². The molecule has 1 unspecified atom stereocenters. The molecule has 3 rings (SSSR count). The van der Waals surface area contributed by atoms with Gasteiger partial charge in [0.1, 0.15) is 12.7 Å². The van der Waals surface area contributed by atoms with Crippen molar-refractivity contribution in [3.05, 3.63) is 77.3 Å². The summed E-state index contributed by atoms with van der Waals surface area (Å²) in [6.45, 7) is 1.98. The Kier molecular flexibility index (Phi) is 6.30. The number of nitrogens with zero attached hydrogens (tertiary/aromatic N) is 3. The second-order valence-electron chi connectivity index (χ2n) is 5.84. The van der Waals surface area contributed by atoms with Crippen LogP contribution in [0.5, 0.6) is 0 Å². The summed E-state index contributed by atoms with van der Waals surface area (Å²) in [6.07, 6.45) is 3.15. The third-order valence-corrected chi connectivity index (χ3v) is 5.12. The van der Waals surface area contributed by atoms with Crippen LogP contribution in [0, 0.1) is 0 Å². The summed E-state index contributed by atoms with van der Waals surface area (Å²) in [5.41, 5.74) is 3.14. The van der Waals surface area contributed by atoms with Crippen molar-refractivity contribution >= 4 is 29.3 Å². The maximum atomic E-state index is 12.1. The average Bonchev–Trinajstić information content (AvgIpc) is 3.18. The first-order valence-corrected chi connectivity index (χ1v) is 9.71. The van der Waals surface area contributed by atoms with Gasteiger partial charge in [-0.25, -0.2) is 9.67 Å². The topological polar surface area (TPSA) is 59.8 Å². The zero-order valence-corrected chi connectivity index (χ0v) is 15.9. The molecule has 3 aromatic rings. The molecule has 0 fully saturated rings. The molecule has 0 aliphatic carbocycles. The monoisotopic (exact) mass is 386 g/mol. The van der Waals surface area contributed by atoms with Gasteiger partial charge in [0.05, 0.1) is 17.5 Å². The van der Waals surface area contributed by atoms with Crippen molar-refractivity contribution < 1.29 is 4.79 Å². The van der Waals surface area contributed by atoms with Crippen molar-refractivity contribution in [1.29, 1.82) is 0 Å². The van der Waals surface area contributed by atoms with E-state index in [0.717, 1.165) is 27.6 Å². The molecule has 5 nitrogen and oxygen atoms in total. The molecule has 0 aliphatic heterocycles. The smallest absolute Gasteiger partial charge is 0.230 e. The number of carbonyl (C=O) groups is 1. The SMILES string of the molecule is CC(NC(=O)CSCc1ccc(Cl)cc1)c1ccc(-n2cncn2)cc1. The Hall–Kier alpha value is -2.31. The minimum atomic E-state index is -0.0524. The number of nitrogens with one attached hydrogen (secondary N) is 1. The number of rotatable bonds is 7. The molecule has 1 atom stereocenters. The van der Waals surface area contributed by atoms with Gasteiger partial charge in [-0.1, -0.05) is 35.9 Å². The first-order chi connectivity index (χ1) is 12.6. The molecule has 1 amide bonds. The number of hydrogen-bond acceptors (Lipinski definition) is 4. The summed E-state index contributed by atoms with van der Waals surface area (Å²) in [5.74, 6) is 1.23. The van der Waals surface area contributed by atoms with Gasteiger partial charge in [-0.2, -0.15) is 5.10 Å². The van der Waals surface area contributed by atoms with Crippen LogP contribution in [0.4, 0.5) is 0 Å². The minimum absolute atomic E-state index is 0.0248. The molecule has 1 heterocycles. The van der Waals surface area contributed by atoms with Crippen molar-refractivity contribution in [1.82, 2.24) is 20.1 Å². The van der Waals surface area contributed by atoms with Gasteiger partial charge in [-0.15, -0.1) is 11.8 Å². The molecular weight excluding hydrogens is 368 g/mol. The highest BCUT2D eigenvalue weighted by atomic mass is 35.5. The number of amides is 1. The van der Waals surface area contributed by atoms with Crippen LogP contribution in [0.1, 0.15) is 24.1 Å². The minimum Gasteiger partial charge on any atom is -0.349 e. The summed E-state index contributed by atoms with van der Waals surface area (Å²) in [6, 6.07) is 15.5. The van der Waals surface area contributed by atoms with E-state index < -0.39 is 0 Å². The standard InChI is InChI=1S/C19H19ClN4OS/c1-14(16-4-8-18(9-5-16)24-13-21-12-22-24)23-19(25)11-26-10-15-2-6-17(20)7-3-15/h2-9,12-14H,10-11H2,1H3,(H,23,25). The summed E-state index contributed by atoms with van der Waals surface area (Å²) in [5, 5.41) is 7.85. The van der Waals surface area contributed by atoms with Crippen LogP contribution >= 0.6 is 23.4 Å². The molecular formula is C19H19ClN4OS. The molecule has 1 aromatic heterocycles. The molecule has 0 saturated carbocycles. The summed E-state index contributed by atoms with van der Waals surface area (Å²) >= 11 is 7.46. The van der Waals surface area contributed by atoms with Crippen LogP contribution in [0.3, 0.4) is 0 Å².